The highest BCUT2D eigenvalue weighted by atomic mass is 79.9. The SMILES string of the molecule is CC(Br)C(=O)Nc1cn(Cc2cc(F)cc(F)c2)c(C(F)(F)F)n1. The van der Waals surface area contributed by atoms with Crippen molar-refractivity contribution in [3.8, 4) is 0 Å². The first-order valence-electron chi connectivity index (χ1n) is 6.60. The van der Waals surface area contributed by atoms with Crippen LogP contribution in [0.25, 0.3) is 0 Å². The predicted octanol–water partition coefficient (Wildman–Crippen LogP) is 3.95. The molecule has 0 saturated carbocycles. The zero-order valence-corrected chi connectivity index (χ0v) is 13.8. The van der Waals surface area contributed by atoms with Crippen LogP contribution in [0.3, 0.4) is 0 Å². The number of imidazole rings is 1. The van der Waals surface area contributed by atoms with Crippen LogP contribution in [0.2, 0.25) is 0 Å². The van der Waals surface area contributed by atoms with E-state index in [1.54, 1.807) is 0 Å². The van der Waals surface area contributed by atoms with Gasteiger partial charge in [0.05, 0.1) is 4.83 Å². The normalized spacial score (nSPS) is 13.0. The Bertz CT molecular complexity index is 737. The summed E-state index contributed by atoms with van der Waals surface area (Å²) in [4.78, 5) is 14.3. The molecule has 0 spiro atoms. The summed E-state index contributed by atoms with van der Waals surface area (Å²) in [6.45, 7) is 1.03. The van der Waals surface area contributed by atoms with Gasteiger partial charge >= 0.3 is 6.18 Å². The van der Waals surface area contributed by atoms with Gasteiger partial charge in [0.1, 0.15) is 11.6 Å². The van der Waals surface area contributed by atoms with Gasteiger partial charge in [-0.1, -0.05) is 15.9 Å². The highest BCUT2D eigenvalue weighted by molar-refractivity contribution is 9.10. The molecule has 0 aliphatic heterocycles. The van der Waals surface area contributed by atoms with E-state index in [-0.39, 0.29) is 11.4 Å². The second kappa shape index (κ2) is 6.88. The van der Waals surface area contributed by atoms with E-state index in [2.05, 4.69) is 26.2 Å². The fourth-order valence-electron chi connectivity index (χ4n) is 1.95. The summed E-state index contributed by atoms with van der Waals surface area (Å²) in [6.07, 6.45) is -3.84. The molecule has 0 saturated heterocycles. The third-order valence-corrected chi connectivity index (χ3v) is 3.33. The Hall–Kier alpha value is -1.97. The summed E-state index contributed by atoms with van der Waals surface area (Å²) in [5, 5.41) is 2.22. The van der Waals surface area contributed by atoms with Gasteiger partial charge in [-0.15, -0.1) is 0 Å². The van der Waals surface area contributed by atoms with Crippen molar-refractivity contribution in [2.75, 3.05) is 5.32 Å². The first-order valence-corrected chi connectivity index (χ1v) is 7.52. The van der Waals surface area contributed by atoms with Crippen molar-refractivity contribution in [3.05, 3.63) is 47.4 Å². The van der Waals surface area contributed by atoms with Crippen molar-refractivity contribution >= 4 is 27.7 Å². The van der Waals surface area contributed by atoms with E-state index in [4.69, 9.17) is 0 Å². The molecule has 0 fully saturated rings. The van der Waals surface area contributed by atoms with E-state index in [0.717, 1.165) is 18.3 Å². The number of carbonyl (C=O) groups is 1. The Kier molecular flexibility index (Phi) is 5.26. The molecule has 4 nitrogen and oxygen atoms in total. The first-order chi connectivity index (χ1) is 11.1. The highest BCUT2D eigenvalue weighted by Crippen LogP contribution is 2.30. The molecule has 24 heavy (non-hydrogen) atoms. The van der Waals surface area contributed by atoms with Crippen molar-refractivity contribution in [2.45, 2.75) is 24.5 Å². The Morgan fingerprint density at radius 1 is 1.29 bits per heavy atom. The van der Waals surface area contributed by atoms with Gasteiger partial charge in [-0.25, -0.2) is 13.8 Å². The van der Waals surface area contributed by atoms with Crippen LogP contribution >= 0.6 is 15.9 Å². The third-order valence-electron chi connectivity index (χ3n) is 2.92. The molecule has 1 heterocycles. The van der Waals surface area contributed by atoms with Gasteiger partial charge in [-0.2, -0.15) is 13.2 Å². The molecule has 130 valence electrons. The van der Waals surface area contributed by atoms with Crippen LogP contribution in [0.4, 0.5) is 27.8 Å². The van der Waals surface area contributed by atoms with Crippen molar-refractivity contribution in [3.63, 3.8) is 0 Å². The number of nitrogens with one attached hydrogen (secondary N) is 1. The van der Waals surface area contributed by atoms with E-state index in [1.807, 2.05) is 0 Å². The quantitative estimate of drug-likeness (QED) is 0.611. The minimum absolute atomic E-state index is 0.0119. The van der Waals surface area contributed by atoms with E-state index >= 15 is 0 Å². The molecular formula is C14H11BrF5N3O. The van der Waals surface area contributed by atoms with Crippen LogP contribution in [-0.2, 0) is 17.5 Å². The predicted molar refractivity (Wildman–Crippen MR) is 79.7 cm³/mol. The average Bonchev–Trinajstić information content (AvgIpc) is 2.79. The first kappa shape index (κ1) is 18.4. The van der Waals surface area contributed by atoms with Crippen molar-refractivity contribution in [1.82, 2.24) is 9.55 Å². The van der Waals surface area contributed by atoms with Crippen LogP contribution in [0, 0.1) is 11.6 Å². The number of halogens is 6. The molecule has 1 atom stereocenters. The second-order valence-electron chi connectivity index (χ2n) is 4.96. The van der Waals surface area contributed by atoms with E-state index in [1.165, 1.54) is 6.92 Å². The van der Waals surface area contributed by atoms with Gasteiger partial charge in [0, 0.05) is 18.8 Å². The van der Waals surface area contributed by atoms with Crippen molar-refractivity contribution in [2.24, 2.45) is 0 Å². The van der Waals surface area contributed by atoms with Crippen LogP contribution in [0.15, 0.2) is 24.4 Å². The van der Waals surface area contributed by atoms with Gasteiger partial charge in [-0.3, -0.25) is 4.79 Å². The molecule has 2 rings (SSSR count). The minimum Gasteiger partial charge on any atom is -0.321 e. The Morgan fingerprint density at radius 2 is 1.88 bits per heavy atom. The van der Waals surface area contributed by atoms with E-state index in [0.29, 0.717) is 10.6 Å². The number of benzene rings is 1. The molecule has 1 unspecified atom stereocenters. The topological polar surface area (TPSA) is 46.9 Å². The molecule has 1 aromatic carbocycles. The zero-order valence-electron chi connectivity index (χ0n) is 12.2. The number of hydrogen-bond donors (Lipinski definition) is 1. The fourth-order valence-corrected chi connectivity index (χ4v) is 2.06. The maximum atomic E-state index is 13.2. The number of hydrogen-bond acceptors (Lipinski definition) is 2. The maximum absolute atomic E-state index is 13.2. The van der Waals surface area contributed by atoms with Gasteiger partial charge in [-0.05, 0) is 24.6 Å². The molecule has 2 aromatic rings. The number of aromatic nitrogens is 2. The fraction of sp³-hybridized carbons (Fsp3) is 0.286. The highest BCUT2D eigenvalue weighted by Gasteiger charge is 2.37. The number of nitrogens with zero attached hydrogens (tertiary/aromatic N) is 2. The number of rotatable bonds is 4. The Morgan fingerprint density at radius 3 is 2.38 bits per heavy atom. The van der Waals surface area contributed by atoms with Crippen molar-refractivity contribution < 1.29 is 26.7 Å². The number of anilines is 1. The number of amides is 1. The summed E-state index contributed by atoms with van der Waals surface area (Å²) in [6, 6.07) is 2.45. The average molecular weight is 412 g/mol. The summed E-state index contributed by atoms with van der Waals surface area (Å²) in [5.74, 6) is -3.98. The number of carbonyl (C=O) groups excluding carboxylic acids is 1. The molecular weight excluding hydrogens is 401 g/mol. The molecule has 1 amide bonds. The monoisotopic (exact) mass is 411 g/mol. The lowest BCUT2D eigenvalue weighted by Crippen LogP contribution is -2.20. The lowest BCUT2D eigenvalue weighted by atomic mass is 10.2. The lowest BCUT2D eigenvalue weighted by molar-refractivity contribution is -0.147. The summed E-state index contributed by atoms with van der Waals surface area (Å²) >= 11 is 2.98. The van der Waals surface area contributed by atoms with Gasteiger partial charge in [0.25, 0.3) is 0 Å². The molecule has 0 aliphatic carbocycles. The van der Waals surface area contributed by atoms with Crippen LogP contribution < -0.4 is 5.32 Å². The largest absolute Gasteiger partial charge is 0.449 e. The lowest BCUT2D eigenvalue weighted by Gasteiger charge is -2.10. The smallest absolute Gasteiger partial charge is 0.321 e. The third kappa shape index (κ3) is 4.53. The van der Waals surface area contributed by atoms with Crippen LogP contribution in [0.5, 0.6) is 0 Å². The van der Waals surface area contributed by atoms with E-state index < -0.39 is 40.9 Å². The van der Waals surface area contributed by atoms with Crippen LogP contribution in [-0.4, -0.2) is 20.3 Å². The summed E-state index contributed by atoms with van der Waals surface area (Å²) < 4.78 is 66.2. The van der Waals surface area contributed by atoms with Gasteiger partial charge < -0.3 is 9.88 Å². The minimum atomic E-state index is -4.80. The standard InChI is InChI=1S/C14H11BrF5N3O/c1-7(15)12(24)21-11-6-23(13(22-11)14(18,19)20)5-8-2-9(16)4-10(17)3-8/h2-4,6-7H,5H2,1H3,(H,21,24). The van der Waals surface area contributed by atoms with E-state index in [9.17, 15) is 26.7 Å². The molecule has 10 heteroatoms. The van der Waals surface area contributed by atoms with Gasteiger partial charge in [0.2, 0.25) is 11.7 Å². The summed E-state index contributed by atoms with van der Waals surface area (Å²) in [5.41, 5.74) is -0.0119. The molecule has 1 aromatic heterocycles. The molecule has 0 radical (unpaired) electrons. The summed E-state index contributed by atoms with van der Waals surface area (Å²) in [7, 11) is 0. The molecule has 0 aliphatic rings. The van der Waals surface area contributed by atoms with Crippen LogP contribution in [0.1, 0.15) is 18.3 Å². The molecule has 0 bridgehead atoms. The molecule has 1 N–H and O–H groups in total. The maximum Gasteiger partial charge on any atom is 0.449 e. The second-order valence-corrected chi connectivity index (χ2v) is 6.33. The number of alkyl halides is 4. The Balaban J connectivity index is 2.36. The van der Waals surface area contributed by atoms with Crippen molar-refractivity contribution in [1.29, 1.82) is 0 Å². The zero-order chi connectivity index (χ0) is 18.1. The Labute approximate surface area is 141 Å². The van der Waals surface area contributed by atoms with Gasteiger partial charge in [0.15, 0.2) is 5.82 Å².